The predicted molar refractivity (Wildman–Crippen MR) is 57.6 cm³/mol. The molecule has 0 saturated heterocycles. The van der Waals surface area contributed by atoms with E-state index < -0.39 is 6.10 Å². The third-order valence-electron chi connectivity index (χ3n) is 2.36. The van der Waals surface area contributed by atoms with Crippen molar-refractivity contribution < 1.29 is 19.0 Å². The highest BCUT2D eigenvalue weighted by molar-refractivity contribution is 5.76. The molecule has 0 aromatic heterocycles. The van der Waals surface area contributed by atoms with E-state index in [2.05, 4.69) is 0 Å². The number of esters is 1. The highest BCUT2D eigenvalue weighted by Crippen LogP contribution is 2.33. The molecule has 0 N–H and O–H groups in total. The Morgan fingerprint density at radius 2 is 1.94 bits per heavy atom. The molecule has 2 rings (SSSR count). The van der Waals surface area contributed by atoms with Gasteiger partial charge >= 0.3 is 5.97 Å². The maximum absolute atomic E-state index is 11.6. The Hall–Kier alpha value is -1.71. The number of carbonyl (C=O) groups excluding carboxylic acids is 1. The molecule has 2 atom stereocenters. The summed E-state index contributed by atoms with van der Waals surface area (Å²) in [7, 11) is 0. The molecule has 0 fully saturated rings. The molecule has 0 radical (unpaired) electrons. The summed E-state index contributed by atoms with van der Waals surface area (Å²) >= 11 is 0. The highest BCUT2D eigenvalue weighted by Gasteiger charge is 2.34. The van der Waals surface area contributed by atoms with Crippen LogP contribution in [0.15, 0.2) is 24.3 Å². The number of para-hydroxylation sites is 2. The summed E-state index contributed by atoms with van der Waals surface area (Å²) < 4.78 is 16.1. The number of benzene rings is 1. The number of fused-ring (bicyclic) bond motifs is 1. The van der Waals surface area contributed by atoms with E-state index in [1.54, 1.807) is 19.9 Å². The minimum atomic E-state index is -0.685. The second kappa shape index (κ2) is 4.43. The minimum Gasteiger partial charge on any atom is -0.482 e. The van der Waals surface area contributed by atoms with Crippen LogP contribution in [-0.2, 0) is 9.53 Å². The Bertz CT molecular complexity index is 388. The van der Waals surface area contributed by atoms with Crippen molar-refractivity contribution in [1.29, 1.82) is 0 Å². The summed E-state index contributed by atoms with van der Waals surface area (Å²) in [5.41, 5.74) is 0. The molecule has 86 valence electrons. The van der Waals surface area contributed by atoms with Crippen molar-refractivity contribution in [2.24, 2.45) is 0 Å². The molecule has 4 heteroatoms. The summed E-state index contributed by atoms with van der Waals surface area (Å²) in [4.78, 5) is 11.6. The highest BCUT2D eigenvalue weighted by atomic mass is 16.6. The summed E-state index contributed by atoms with van der Waals surface area (Å²) in [6, 6.07) is 7.28. The zero-order chi connectivity index (χ0) is 11.5. The molecule has 0 saturated carbocycles. The van der Waals surface area contributed by atoms with Gasteiger partial charge in [-0.25, -0.2) is 4.79 Å². The van der Waals surface area contributed by atoms with E-state index in [0.29, 0.717) is 18.1 Å². The van der Waals surface area contributed by atoms with Crippen LogP contribution in [0.25, 0.3) is 0 Å². The van der Waals surface area contributed by atoms with E-state index in [-0.39, 0.29) is 12.1 Å². The molecule has 0 unspecified atom stereocenters. The lowest BCUT2D eigenvalue weighted by atomic mass is 10.2. The van der Waals surface area contributed by atoms with Crippen molar-refractivity contribution in [2.45, 2.75) is 26.1 Å². The fourth-order valence-corrected chi connectivity index (χ4v) is 1.60. The van der Waals surface area contributed by atoms with Crippen LogP contribution in [0.1, 0.15) is 13.8 Å². The van der Waals surface area contributed by atoms with Crippen LogP contribution < -0.4 is 9.47 Å². The van der Waals surface area contributed by atoms with Crippen molar-refractivity contribution in [3.63, 3.8) is 0 Å². The van der Waals surface area contributed by atoms with E-state index in [0.717, 1.165) is 0 Å². The van der Waals surface area contributed by atoms with Gasteiger partial charge in [0.25, 0.3) is 0 Å². The second-order valence-electron chi connectivity index (χ2n) is 3.56. The van der Waals surface area contributed by atoms with Gasteiger partial charge in [0.1, 0.15) is 6.10 Å². The van der Waals surface area contributed by atoms with Crippen molar-refractivity contribution in [2.75, 3.05) is 6.61 Å². The number of carbonyl (C=O) groups is 1. The third-order valence-corrected chi connectivity index (χ3v) is 2.36. The molecule has 4 nitrogen and oxygen atoms in total. The molecular weight excluding hydrogens is 208 g/mol. The van der Waals surface area contributed by atoms with Gasteiger partial charge in [-0.3, -0.25) is 0 Å². The number of ether oxygens (including phenoxy) is 3. The molecular formula is C12H14O4. The van der Waals surface area contributed by atoms with Gasteiger partial charge in [0.2, 0.25) is 6.10 Å². The SMILES string of the molecule is CCOC(=O)[C@H]1Oc2ccccc2O[C@@H]1C. The Morgan fingerprint density at radius 1 is 1.31 bits per heavy atom. The zero-order valence-corrected chi connectivity index (χ0v) is 9.30. The third kappa shape index (κ3) is 1.96. The normalized spacial score (nSPS) is 22.6. The van der Waals surface area contributed by atoms with Gasteiger partial charge in [0.15, 0.2) is 11.5 Å². The molecule has 0 amide bonds. The zero-order valence-electron chi connectivity index (χ0n) is 9.30. The molecule has 1 aromatic carbocycles. The van der Waals surface area contributed by atoms with Crippen LogP contribution >= 0.6 is 0 Å². The van der Waals surface area contributed by atoms with Crippen LogP contribution in [0.5, 0.6) is 11.5 Å². The van der Waals surface area contributed by atoms with E-state index in [1.165, 1.54) is 0 Å². The Balaban J connectivity index is 2.18. The van der Waals surface area contributed by atoms with Crippen LogP contribution in [-0.4, -0.2) is 24.8 Å². The average molecular weight is 222 g/mol. The predicted octanol–water partition coefficient (Wildman–Crippen LogP) is 1.78. The first-order chi connectivity index (χ1) is 7.72. The van der Waals surface area contributed by atoms with Gasteiger partial charge in [0, 0.05) is 0 Å². The lowest BCUT2D eigenvalue weighted by Crippen LogP contribution is -2.44. The Morgan fingerprint density at radius 3 is 2.56 bits per heavy atom. The van der Waals surface area contributed by atoms with Crippen LogP contribution in [0, 0.1) is 0 Å². The second-order valence-corrected chi connectivity index (χ2v) is 3.56. The first kappa shape index (κ1) is 10.8. The van der Waals surface area contributed by atoms with Crippen LogP contribution in [0.2, 0.25) is 0 Å². The smallest absolute Gasteiger partial charge is 0.351 e. The fourth-order valence-electron chi connectivity index (χ4n) is 1.60. The molecule has 1 aliphatic heterocycles. The minimum absolute atomic E-state index is 0.339. The topological polar surface area (TPSA) is 44.8 Å². The number of rotatable bonds is 2. The molecule has 1 aliphatic rings. The van der Waals surface area contributed by atoms with Gasteiger partial charge in [-0.2, -0.15) is 0 Å². The van der Waals surface area contributed by atoms with E-state index in [4.69, 9.17) is 14.2 Å². The van der Waals surface area contributed by atoms with Gasteiger partial charge in [-0.15, -0.1) is 0 Å². The van der Waals surface area contributed by atoms with Crippen LogP contribution in [0.4, 0.5) is 0 Å². The first-order valence-corrected chi connectivity index (χ1v) is 5.31. The number of hydrogen-bond acceptors (Lipinski definition) is 4. The molecule has 1 aromatic rings. The molecule has 0 spiro atoms. The van der Waals surface area contributed by atoms with Gasteiger partial charge in [-0.05, 0) is 26.0 Å². The molecule has 0 aliphatic carbocycles. The summed E-state index contributed by atoms with van der Waals surface area (Å²) in [6.45, 7) is 3.89. The average Bonchev–Trinajstić information content (AvgIpc) is 2.28. The molecule has 16 heavy (non-hydrogen) atoms. The Labute approximate surface area is 94.1 Å². The number of hydrogen-bond donors (Lipinski definition) is 0. The van der Waals surface area contributed by atoms with Gasteiger partial charge < -0.3 is 14.2 Å². The van der Waals surface area contributed by atoms with E-state index >= 15 is 0 Å². The fraction of sp³-hybridized carbons (Fsp3) is 0.417. The quantitative estimate of drug-likeness (QED) is 0.715. The largest absolute Gasteiger partial charge is 0.482 e. The maximum Gasteiger partial charge on any atom is 0.351 e. The van der Waals surface area contributed by atoms with E-state index in [9.17, 15) is 4.79 Å². The van der Waals surface area contributed by atoms with Gasteiger partial charge in [-0.1, -0.05) is 12.1 Å². The van der Waals surface area contributed by atoms with Crippen molar-refractivity contribution in [1.82, 2.24) is 0 Å². The standard InChI is InChI=1S/C12H14O4/c1-3-14-12(13)11-8(2)15-9-6-4-5-7-10(9)16-11/h4-8,11H,3H2,1-2H3/t8-,11+/m1/s1. The lowest BCUT2D eigenvalue weighted by molar-refractivity contribution is -0.157. The molecule has 1 heterocycles. The Kier molecular flexibility index (Phi) is 2.99. The maximum atomic E-state index is 11.6. The van der Waals surface area contributed by atoms with Crippen LogP contribution in [0.3, 0.4) is 0 Å². The first-order valence-electron chi connectivity index (χ1n) is 5.31. The lowest BCUT2D eigenvalue weighted by Gasteiger charge is -2.30. The molecule has 0 bridgehead atoms. The van der Waals surface area contributed by atoms with Crippen molar-refractivity contribution in [3.05, 3.63) is 24.3 Å². The van der Waals surface area contributed by atoms with Crippen molar-refractivity contribution in [3.8, 4) is 11.5 Å². The van der Waals surface area contributed by atoms with E-state index in [1.807, 2.05) is 18.2 Å². The van der Waals surface area contributed by atoms with Gasteiger partial charge in [0.05, 0.1) is 6.61 Å². The summed E-state index contributed by atoms with van der Waals surface area (Å²) in [5.74, 6) is 0.860. The summed E-state index contributed by atoms with van der Waals surface area (Å²) in [5, 5.41) is 0. The van der Waals surface area contributed by atoms with Crippen molar-refractivity contribution >= 4 is 5.97 Å². The monoisotopic (exact) mass is 222 g/mol. The summed E-state index contributed by atoms with van der Waals surface area (Å²) in [6.07, 6.45) is -1.02.